The van der Waals surface area contributed by atoms with Crippen molar-refractivity contribution in [2.75, 3.05) is 5.32 Å². The number of carbonyl (C=O) groups excluding carboxylic acids is 1. The van der Waals surface area contributed by atoms with Gasteiger partial charge in [-0.15, -0.1) is 11.3 Å². The number of fused-ring (bicyclic) bond motifs is 2. The van der Waals surface area contributed by atoms with Crippen LogP contribution in [0.1, 0.15) is 20.3 Å². The molecule has 0 saturated carbocycles. The molecule has 0 spiro atoms. The van der Waals surface area contributed by atoms with Crippen molar-refractivity contribution in [1.29, 1.82) is 0 Å². The van der Waals surface area contributed by atoms with Crippen LogP contribution in [0.5, 0.6) is 0 Å². The highest BCUT2D eigenvalue weighted by atomic mass is 32.1. The number of nitrogens with zero attached hydrogens (tertiary/aromatic N) is 5. The minimum absolute atomic E-state index is 0.0569. The molecule has 6 aromatic rings. The Balaban J connectivity index is 1.38. The van der Waals surface area contributed by atoms with E-state index in [0.29, 0.717) is 45.9 Å². The van der Waals surface area contributed by atoms with Crippen molar-refractivity contribution in [3.05, 3.63) is 60.3 Å². The predicted molar refractivity (Wildman–Crippen MR) is 141 cm³/mol. The number of amides is 1. The molecule has 11 heteroatoms. The number of nitrogens with one attached hydrogen (secondary N) is 3. The Bertz CT molecular complexity index is 1770. The molecule has 9 nitrogen and oxygen atoms in total. The van der Waals surface area contributed by atoms with E-state index >= 15 is 0 Å². The topological polar surface area (TPSA) is 125 Å². The molecule has 0 aliphatic heterocycles. The van der Waals surface area contributed by atoms with Crippen LogP contribution in [0.2, 0.25) is 0 Å². The Hall–Kier alpha value is -4.51. The van der Waals surface area contributed by atoms with E-state index in [1.807, 2.05) is 32.0 Å². The number of pyridine rings is 3. The maximum atomic E-state index is 13.7. The van der Waals surface area contributed by atoms with E-state index in [1.54, 1.807) is 30.9 Å². The summed E-state index contributed by atoms with van der Waals surface area (Å²) in [4.78, 5) is 34.4. The van der Waals surface area contributed by atoms with E-state index in [1.165, 1.54) is 6.07 Å². The minimum Gasteiger partial charge on any atom is -0.335 e. The number of hydrogen-bond donors (Lipinski definition) is 3. The smallest absolute Gasteiger partial charge is 0.224 e. The Kier molecular flexibility index (Phi) is 5.68. The molecule has 0 radical (unpaired) electrons. The number of aromatic nitrogens is 7. The summed E-state index contributed by atoms with van der Waals surface area (Å²) in [5, 5.41) is 10.1. The fraction of sp³-hybridized carbons (Fsp3) is 0.154. The van der Waals surface area contributed by atoms with Crippen molar-refractivity contribution in [2.45, 2.75) is 20.3 Å². The number of H-pyrrole nitrogens is 2. The fourth-order valence-corrected chi connectivity index (χ4v) is 4.88. The number of anilines is 1. The molecule has 0 unspecified atom stereocenters. The highest BCUT2D eigenvalue weighted by Crippen LogP contribution is 2.34. The van der Waals surface area contributed by atoms with Gasteiger partial charge in [0.15, 0.2) is 16.6 Å². The standard InChI is InChI=1S/C26H21FN8OS/c1-13(2)7-22(36)30-15-8-14(9-28-10-15)17-3-4-18-24(31-17)25(35-34-18)26-32-19-12-29-11-16(23(19)33-26)20-5-6-21(27)37-20/h3-6,8-13H,7H2,1-2H3,(H,30,36)(H,32,33)(H,34,35). The normalized spacial score (nSPS) is 11.6. The van der Waals surface area contributed by atoms with Gasteiger partial charge in [0, 0.05) is 34.8 Å². The minimum atomic E-state index is -0.268. The molecule has 6 rings (SSSR count). The summed E-state index contributed by atoms with van der Waals surface area (Å²) in [5.74, 6) is 0.722. The molecule has 6 heterocycles. The predicted octanol–water partition coefficient (Wildman–Crippen LogP) is 5.81. The van der Waals surface area contributed by atoms with Gasteiger partial charge in [-0.05, 0) is 36.2 Å². The van der Waals surface area contributed by atoms with E-state index in [4.69, 9.17) is 9.97 Å². The monoisotopic (exact) mass is 512 g/mol. The number of rotatable bonds is 6. The number of imidazole rings is 1. The number of halogens is 1. The zero-order valence-corrected chi connectivity index (χ0v) is 20.7. The summed E-state index contributed by atoms with van der Waals surface area (Å²) in [7, 11) is 0. The summed E-state index contributed by atoms with van der Waals surface area (Å²) in [5.41, 5.74) is 6.09. The van der Waals surface area contributed by atoms with E-state index in [2.05, 4.69) is 30.5 Å². The third-order valence-corrected chi connectivity index (χ3v) is 6.68. The van der Waals surface area contributed by atoms with E-state index in [9.17, 15) is 9.18 Å². The molecular formula is C26H21FN8OS. The zero-order valence-electron chi connectivity index (χ0n) is 19.9. The molecular weight excluding hydrogens is 491 g/mol. The Labute approximate surface area is 214 Å². The van der Waals surface area contributed by atoms with E-state index in [0.717, 1.165) is 32.9 Å². The van der Waals surface area contributed by atoms with Gasteiger partial charge in [-0.3, -0.25) is 19.9 Å². The first-order valence-electron chi connectivity index (χ1n) is 11.6. The summed E-state index contributed by atoms with van der Waals surface area (Å²) in [6.07, 6.45) is 7.10. The molecule has 3 N–H and O–H groups in total. The van der Waals surface area contributed by atoms with Crippen molar-refractivity contribution in [1.82, 2.24) is 35.1 Å². The quantitative estimate of drug-likeness (QED) is 0.259. The second-order valence-corrected chi connectivity index (χ2v) is 10.1. The summed E-state index contributed by atoms with van der Waals surface area (Å²) in [6.45, 7) is 3.99. The number of hydrogen-bond acceptors (Lipinski definition) is 7. The lowest BCUT2D eigenvalue weighted by Gasteiger charge is -2.08. The average Bonchev–Trinajstić information content (AvgIpc) is 3.60. The van der Waals surface area contributed by atoms with Gasteiger partial charge in [-0.2, -0.15) is 9.49 Å². The molecule has 1 amide bonds. The maximum absolute atomic E-state index is 13.7. The molecule has 0 aromatic carbocycles. The van der Waals surface area contributed by atoms with Gasteiger partial charge in [-0.1, -0.05) is 13.8 Å². The molecule has 0 atom stereocenters. The number of thiophene rings is 1. The van der Waals surface area contributed by atoms with Crippen LogP contribution in [0.15, 0.2) is 55.1 Å². The lowest BCUT2D eigenvalue weighted by molar-refractivity contribution is -0.116. The highest BCUT2D eigenvalue weighted by Gasteiger charge is 2.18. The van der Waals surface area contributed by atoms with Gasteiger partial charge in [0.25, 0.3) is 0 Å². The van der Waals surface area contributed by atoms with Crippen LogP contribution in [0.3, 0.4) is 0 Å². The van der Waals surface area contributed by atoms with Crippen molar-refractivity contribution in [2.24, 2.45) is 5.92 Å². The summed E-state index contributed by atoms with van der Waals surface area (Å²) >= 11 is 1.05. The zero-order chi connectivity index (χ0) is 25.5. The van der Waals surface area contributed by atoms with Gasteiger partial charge >= 0.3 is 0 Å². The van der Waals surface area contributed by atoms with Gasteiger partial charge in [0.1, 0.15) is 11.0 Å². The number of aromatic amines is 2. The van der Waals surface area contributed by atoms with E-state index < -0.39 is 0 Å². The van der Waals surface area contributed by atoms with Crippen LogP contribution >= 0.6 is 11.3 Å². The molecule has 0 aliphatic rings. The lowest BCUT2D eigenvalue weighted by Crippen LogP contribution is -2.14. The SMILES string of the molecule is CC(C)CC(=O)Nc1cncc(-c2ccc3[nH]nc(-c4nc5c(-c6ccc(F)s6)cncc5[nH]4)c3n2)c1. The highest BCUT2D eigenvalue weighted by molar-refractivity contribution is 7.14. The van der Waals surface area contributed by atoms with Crippen molar-refractivity contribution in [3.63, 3.8) is 0 Å². The van der Waals surface area contributed by atoms with Crippen LogP contribution in [-0.2, 0) is 4.79 Å². The molecule has 0 saturated heterocycles. The third kappa shape index (κ3) is 4.45. The molecule has 184 valence electrons. The van der Waals surface area contributed by atoms with Crippen molar-refractivity contribution in [3.8, 4) is 33.2 Å². The lowest BCUT2D eigenvalue weighted by atomic mass is 10.1. The Morgan fingerprint density at radius 2 is 1.89 bits per heavy atom. The average molecular weight is 513 g/mol. The molecule has 0 bridgehead atoms. The molecule has 0 aliphatic carbocycles. The van der Waals surface area contributed by atoms with Crippen LogP contribution in [0, 0.1) is 11.0 Å². The van der Waals surface area contributed by atoms with Gasteiger partial charge in [0.05, 0.1) is 34.8 Å². The Morgan fingerprint density at radius 1 is 1.03 bits per heavy atom. The van der Waals surface area contributed by atoms with Crippen molar-refractivity contribution >= 4 is 45.0 Å². The fourth-order valence-electron chi connectivity index (χ4n) is 4.14. The van der Waals surface area contributed by atoms with Crippen LogP contribution in [-0.4, -0.2) is 41.0 Å². The van der Waals surface area contributed by atoms with E-state index in [-0.39, 0.29) is 17.0 Å². The largest absolute Gasteiger partial charge is 0.335 e. The Morgan fingerprint density at radius 3 is 2.70 bits per heavy atom. The molecule has 37 heavy (non-hydrogen) atoms. The van der Waals surface area contributed by atoms with Gasteiger partial charge < -0.3 is 10.3 Å². The second kappa shape index (κ2) is 9.17. The first-order chi connectivity index (χ1) is 17.9. The summed E-state index contributed by atoms with van der Waals surface area (Å²) < 4.78 is 13.7. The van der Waals surface area contributed by atoms with Crippen molar-refractivity contribution < 1.29 is 9.18 Å². The van der Waals surface area contributed by atoms with Crippen LogP contribution in [0.4, 0.5) is 10.1 Å². The van der Waals surface area contributed by atoms with Gasteiger partial charge in [-0.25, -0.2) is 9.97 Å². The molecule has 6 aromatic heterocycles. The summed E-state index contributed by atoms with van der Waals surface area (Å²) in [6, 6.07) is 8.75. The second-order valence-electron chi connectivity index (χ2n) is 9.05. The number of carbonyl (C=O) groups is 1. The first-order valence-corrected chi connectivity index (χ1v) is 12.5. The first kappa shape index (κ1) is 22.9. The van der Waals surface area contributed by atoms with Gasteiger partial charge in [0.2, 0.25) is 5.91 Å². The van der Waals surface area contributed by atoms with Crippen LogP contribution in [0.25, 0.3) is 55.3 Å². The molecule has 0 fully saturated rings. The maximum Gasteiger partial charge on any atom is 0.224 e. The van der Waals surface area contributed by atoms with Crippen LogP contribution < -0.4 is 5.32 Å². The third-order valence-electron chi connectivity index (χ3n) is 5.78.